The zero-order valence-electron chi connectivity index (χ0n) is 11.2. The normalized spacial score (nSPS) is 11.1. The van der Waals surface area contributed by atoms with Gasteiger partial charge in [0, 0.05) is 23.6 Å². The quantitative estimate of drug-likeness (QED) is 0.773. The van der Waals surface area contributed by atoms with Crippen LogP contribution >= 0.6 is 0 Å². The Balaban J connectivity index is 2.00. The topological polar surface area (TPSA) is 30.9 Å². The summed E-state index contributed by atoms with van der Waals surface area (Å²) in [6, 6.07) is 15.0. The molecule has 0 atom stereocenters. The minimum Gasteiger partial charge on any atom is -0.343 e. The molecule has 0 radical (unpaired) electrons. The summed E-state index contributed by atoms with van der Waals surface area (Å²) >= 11 is 0. The Hall–Kier alpha value is -2.13. The van der Waals surface area contributed by atoms with E-state index in [0.29, 0.717) is 6.54 Å². The molecule has 3 aromatic rings. The fraction of sp³-hybridized carbons (Fsp3) is 0.176. The smallest absolute Gasteiger partial charge is 0.123 e. The molecule has 0 aliphatic rings. The van der Waals surface area contributed by atoms with Crippen LogP contribution in [0.3, 0.4) is 0 Å². The van der Waals surface area contributed by atoms with Gasteiger partial charge < -0.3 is 10.3 Å². The molecular formula is C17H17FN2. The third-order valence-corrected chi connectivity index (χ3v) is 3.55. The van der Waals surface area contributed by atoms with Gasteiger partial charge in [-0.05, 0) is 42.3 Å². The van der Waals surface area contributed by atoms with E-state index in [2.05, 4.69) is 22.9 Å². The van der Waals surface area contributed by atoms with Crippen molar-refractivity contribution in [1.82, 2.24) is 4.57 Å². The van der Waals surface area contributed by atoms with Gasteiger partial charge in [0.25, 0.3) is 0 Å². The number of nitrogens with two attached hydrogens (primary N) is 1. The van der Waals surface area contributed by atoms with Crippen LogP contribution < -0.4 is 5.73 Å². The van der Waals surface area contributed by atoms with Gasteiger partial charge in [0.2, 0.25) is 0 Å². The molecular weight excluding hydrogens is 251 g/mol. The predicted octanol–water partition coefficient (Wildman–Crippen LogP) is 3.33. The standard InChI is InChI=1S/C17H17FN2/c18-15-7-5-13(6-8-15)11-20-12-14(9-10-19)16-3-1-2-4-17(16)20/h1-8,12H,9-11,19H2. The molecule has 2 aromatic carbocycles. The highest BCUT2D eigenvalue weighted by Crippen LogP contribution is 2.22. The van der Waals surface area contributed by atoms with E-state index in [-0.39, 0.29) is 5.82 Å². The molecule has 0 fully saturated rings. The Kier molecular flexibility index (Phi) is 3.52. The number of benzene rings is 2. The van der Waals surface area contributed by atoms with Gasteiger partial charge in [0.15, 0.2) is 0 Å². The second kappa shape index (κ2) is 5.47. The molecule has 3 heteroatoms. The lowest BCUT2D eigenvalue weighted by molar-refractivity contribution is 0.626. The first-order valence-corrected chi connectivity index (χ1v) is 6.79. The van der Waals surface area contributed by atoms with E-state index >= 15 is 0 Å². The molecule has 0 unspecified atom stereocenters. The summed E-state index contributed by atoms with van der Waals surface area (Å²) in [5.74, 6) is -0.199. The molecule has 0 aliphatic carbocycles. The van der Waals surface area contributed by atoms with Crippen molar-refractivity contribution in [2.24, 2.45) is 5.73 Å². The maximum absolute atomic E-state index is 13.0. The summed E-state index contributed by atoms with van der Waals surface area (Å²) in [7, 11) is 0. The van der Waals surface area contributed by atoms with Crippen LogP contribution in [0.5, 0.6) is 0 Å². The highest BCUT2D eigenvalue weighted by atomic mass is 19.1. The van der Waals surface area contributed by atoms with Crippen molar-refractivity contribution in [2.75, 3.05) is 6.54 Å². The van der Waals surface area contributed by atoms with E-state index in [9.17, 15) is 4.39 Å². The summed E-state index contributed by atoms with van der Waals surface area (Å²) in [5, 5.41) is 1.25. The largest absolute Gasteiger partial charge is 0.343 e. The lowest BCUT2D eigenvalue weighted by atomic mass is 10.1. The lowest BCUT2D eigenvalue weighted by Crippen LogP contribution is -2.02. The highest BCUT2D eigenvalue weighted by molar-refractivity contribution is 5.84. The Morgan fingerprint density at radius 2 is 1.75 bits per heavy atom. The molecule has 0 amide bonds. The van der Waals surface area contributed by atoms with Gasteiger partial charge in [-0.2, -0.15) is 0 Å². The first-order chi connectivity index (χ1) is 9.78. The molecule has 1 aromatic heterocycles. The number of fused-ring (bicyclic) bond motifs is 1. The molecule has 0 saturated carbocycles. The molecule has 102 valence electrons. The fourth-order valence-electron chi connectivity index (χ4n) is 2.59. The van der Waals surface area contributed by atoms with E-state index in [4.69, 9.17) is 5.73 Å². The molecule has 0 spiro atoms. The zero-order chi connectivity index (χ0) is 13.9. The zero-order valence-corrected chi connectivity index (χ0v) is 11.2. The van der Waals surface area contributed by atoms with Crippen molar-refractivity contribution in [2.45, 2.75) is 13.0 Å². The third kappa shape index (κ3) is 2.45. The van der Waals surface area contributed by atoms with E-state index in [0.717, 1.165) is 18.5 Å². The summed E-state index contributed by atoms with van der Waals surface area (Å²) in [5.41, 5.74) is 9.23. The third-order valence-electron chi connectivity index (χ3n) is 3.55. The Morgan fingerprint density at radius 1 is 1.00 bits per heavy atom. The second-order valence-electron chi connectivity index (χ2n) is 4.96. The van der Waals surface area contributed by atoms with Crippen molar-refractivity contribution >= 4 is 10.9 Å². The lowest BCUT2D eigenvalue weighted by Gasteiger charge is -2.05. The number of aromatic nitrogens is 1. The minimum atomic E-state index is -0.199. The van der Waals surface area contributed by atoms with Crippen LogP contribution in [-0.2, 0) is 13.0 Å². The van der Waals surface area contributed by atoms with Gasteiger partial charge in [-0.25, -0.2) is 4.39 Å². The SMILES string of the molecule is NCCc1cn(Cc2ccc(F)cc2)c2ccccc12. The van der Waals surface area contributed by atoms with Crippen LogP contribution in [0.1, 0.15) is 11.1 Å². The first-order valence-electron chi connectivity index (χ1n) is 6.79. The van der Waals surface area contributed by atoms with Crippen LogP contribution in [0.15, 0.2) is 54.7 Å². The number of halogens is 1. The van der Waals surface area contributed by atoms with Gasteiger partial charge in [-0.3, -0.25) is 0 Å². The average molecular weight is 268 g/mol. The molecule has 0 bridgehead atoms. The van der Waals surface area contributed by atoms with Gasteiger partial charge in [0.05, 0.1) is 0 Å². The molecule has 20 heavy (non-hydrogen) atoms. The van der Waals surface area contributed by atoms with Crippen LogP contribution in [-0.4, -0.2) is 11.1 Å². The van der Waals surface area contributed by atoms with Crippen molar-refractivity contribution in [1.29, 1.82) is 0 Å². The van der Waals surface area contributed by atoms with Crippen LogP contribution in [0.2, 0.25) is 0 Å². The van der Waals surface area contributed by atoms with Crippen molar-refractivity contribution in [3.63, 3.8) is 0 Å². The molecule has 3 rings (SSSR count). The summed E-state index contributed by atoms with van der Waals surface area (Å²) in [6.45, 7) is 1.38. The maximum Gasteiger partial charge on any atom is 0.123 e. The molecule has 2 N–H and O–H groups in total. The number of nitrogens with zero attached hydrogens (tertiary/aromatic N) is 1. The second-order valence-corrected chi connectivity index (χ2v) is 4.96. The Morgan fingerprint density at radius 3 is 2.50 bits per heavy atom. The van der Waals surface area contributed by atoms with Gasteiger partial charge >= 0.3 is 0 Å². The maximum atomic E-state index is 13.0. The van der Waals surface area contributed by atoms with Gasteiger partial charge in [0.1, 0.15) is 5.82 Å². The average Bonchev–Trinajstić information content (AvgIpc) is 2.81. The van der Waals surface area contributed by atoms with E-state index in [1.54, 1.807) is 0 Å². The summed E-state index contributed by atoms with van der Waals surface area (Å²) in [4.78, 5) is 0. The van der Waals surface area contributed by atoms with E-state index in [1.165, 1.54) is 28.6 Å². The molecule has 1 heterocycles. The van der Waals surface area contributed by atoms with Crippen molar-refractivity contribution in [3.05, 3.63) is 71.7 Å². The number of para-hydroxylation sites is 1. The summed E-state index contributed by atoms with van der Waals surface area (Å²) < 4.78 is 15.2. The van der Waals surface area contributed by atoms with Crippen molar-refractivity contribution in [3.8, 4) is 0 Å². The predicted molar refractivity (Wildman–Crippen MR) is 80.2 cm³/mol. The van der Waals surface area contributed by atoms with Crippen LogP contribution in [0.4, 0.5) is 4.39 Å². The van der Waals surface area contributed by atoms with Crippen LogP contribution in [0.25, 0.3) is 10.9 Å². The van der Waals surface area contributed by atoms with Crippen LogP contribution in [0, 0.1) is 5.82 Å². The van der Waals surface area contributed by atoms with E-state index in [1.807, 2.05) is 24.3 Å². The fourth-order valence-corrected chi connectivity index (χ4v) is 2.59. The van der Waals surface area contributed by atoms with Crippen molar-refractivity contribution < 1.29 is 4.39 Å². The number of hydrogen-bond acceptors (Lipinski definition) is 1. The number of hydrogen-bond donors (Lipinski definition) is 1. The minimum absolute atomic E-state index is 0.199. The molecule has 2 nitrogen and oxygen atoms in total. The Labute approximate surface area is 117 Å². The van der Waals surface area contributed by atoms with Gasteiger partial charge in [-0.1, -0.05) is 30.3 Å². The van der Waals surface area contributed by atoms with Gasteiger partial charge in [-0.15, -0.1) is 0 Å². The van der Waals surface area contributed by atoms with E-state index < -0.39 is 0 Å². The molecule has 0 aliphatic heterocycles. The first kappa shape index (κ1) is 12.9. The molecule has 0 saturated heterocycles. The monoisotopic (exact) mass is 268 g/mol. The Bertz CT molecular complexity index is 713. The number of rotatable bonds is 4. The summed E-state index contributed by atoms with van der Waals surface area (Å²) in [6.07, 6.45) is 3.03. The highest BCUT2D eigenvalue weighted by Gasteiger charge is 2.07.